The van der Waals surface area contributed by atoms with Crippen molar-refractivity contribution in [1.29, 1.82) is 0 Å². The molecule has 0 amide bonds. The van der Waals surface area contributed by atoms with Gasteiger partial charge in [-0.2, -0.15) is 0 Å². The standard InChI is InChI=1S/C24H28O2/c1-4-7-9-14-22(24(25)26-6-3)23(20-12-10-8-11-13-20)21-17-15-19(5-2)16-18-21/h4,8,10-13,15-18H,1,5-7,9,14H2,2-3H3/b23-22-. The Labute approximate surface area is 157 Å². The zero-order valence-electron chi connectivity index (χ0n) is 15.8. The van der Waals surface area contributed by atoms with Crippen molar-refractivity contribution in [2.24, 2.45) is 0 Å². The average molecular weight is 348 g/mol. The first-order valence-corrected chi connectivity index (χ1v) is 9.37. The van der Waals surface area contributed by atoms with Gasteiger partial charge in [-0.25, -0.2) is 4.79 Å². The molecule has 0 saturated carbocycles. The van der Waals surface area contributed by atoms with Gasteiger partial charge in [0.25, 0.3) is 0 Å². The Kier molecular flexibility index (Phi) is 7.88. The number of carbonyl (C=O) groups excluding carboxylic acids is 1. The maximum atomic E-state index is 12.7. The van der Waals surface area contributed by atoms with Crippen LogP contribution in [0.4, 0.5) is 0 Å². The van der Waals surface area contributed by atoms with Gasteiger partial charge in [0.05, 0.1) is 6.61 Å². The molecule has 2 aromatic rings. The smallest absolute Gasteiger partial charge is 0.334 e. The molecule has 2 aromatic carbocycles. The molecule has 0 heterocycles. The summed E-state index contributed by atoms with van der Waals surface area (Å²) >= 11 is 0. The highest BCUT2D eigenvalue weighted by atomic mass is 16.5. The molecule has 26 heavy (non-hydrogen) atoms. The van der Waals surface area contributed by atoms with E-state index in [-0.39, 0.29) is 5.97 Å². The number of benzene rings is 2. The van der Waals surface area contributed by atoms with E-state index in [0.29, 0.717) is 13.0 Å². The maximum Gasteiger partial charge on any atom is 0.334 e. The van der Waals surface area contributed by atoms with Gasteiger partial charge in [0.2, 0.25) is 0 Å². The Hall–Kier alpha value is -2.61. The van der Waals surface area contributed by atoms with Crippen molar-refractivity contribution in [3.8, 4) is 0 Å². The van der Waals surface area contributed by atoms with Gasteiger partial charge in [-0.15, -0.1) is 6.58 Å². The second-order valence-electron chi connectivity index (χ2n) is 6.17. The number of allylic oxidation sites excluding steroid dienone is 1. The van der Waals surface area contributed by atoms with Crippen LogP contribution in [0.2, 0.25) is 0 Å². The minimum Gasteiger partial charge on any atom is -0.463 e. The minimum atomic E-state index is -0.227. The molecule has 0 fully saturated rings. The Morgan fingerprint density at radius 3 is 2.23 bits per heavy atom. The molecule has 0 aliphatic rings. The number of aryl methyl sites for hydroxylation is 1. The number of unbranched alkanes of at least 4 members (excludes halogenated alkanes) is 1. The first-order valence-electron chi connectivity index (χ1n) is 9.37. The molecule has 2 rings (SSSR count). The molecule has 0 spiro atoms. The SMILES string of the molecule is C=CCCC/C(C(=O)OCC)=C(\c1ccccc1)c1ccc(CC)cc1. The Bertz CT molecular complexity index is 740. The first kappa shape index (κ1) is 19.7. The van der Waals surface area contributed by atoms with E-state index >= 15 is 0 Å². The van der Waals surface area contributed by atoms with E-state index in [9.17, 15) is 4.79 Å². The molecule has 0 saturated heterocycles. The highest BCUT2D eigenvalue weighted by Crippen LogP contribution is 2.30. The summed E-state index contributed by atoms with van der Waals surface area (Å²) in [7, 11) is 0. The van der Waals surface area contributed by atoms with E-state index in [1.165, 1.54) is 5.56 Å². The van der Waals surface area contributed by atoms with Crippen LogP contribution in [-0.4, -0.2) is 12.6 Å². The molecule has 2 nitrogen and oxygen atoms in total. The minimum absolute atomic E-state index is 0.227. The Morgan fingerprint density at radius 1 is 1.00 bits per heavy atom. The molecule has 0 aromatic heterocycles. The van der Waals surface area contributed by atoms with Crippen molar-refractivity contribution in [1.82, 2.24) is 0 Å². The van der Waals surface area contributed by atoms with Crippen LogP contribution in [0.3, 0.4) is 0 Å². The van der Waals surface area contributed by atoms with E-state index in [1.54, 1.807) is 0 Å². The quantitative estimate of drug-likeness (QED) is 0.241. The van der Waals surface area contributed by atoms with Crippen molar-refractivity contribution in [2.45, 2.75) is 39.5 Å². The molecule has 0 aliphatic heterocycles. The monoisotopic (exact) mass is 348 g/mol. The lowest BCUT2D eigenvalue weighted by molar-refractivity contribution is -0.138. The van der Waals surface area contributed by atoms with Crippen molar-refractivity contribution >= 4 is 11.5 Å². The van der Waals surface area contributed by atoms with Gasteiger partial charge in [0, 0.05) is 5.57 Å². The predicted octanol–water partition coefficient (Wildman–Crippen LogP) is 5.97. The number of rotatable bonds is 9. The van der Waals surface area contributed by atoms with Crippen LogP contribution < -0.4 is 0 Å². The first-order chi connectivity index (χ1) is 12.7. The van der Waals surface area contributed by atoms with Gasteiger partial charge in [0.1, 0.15) is 0 Å². The molecule has 0 atom stereocenters. The number of esters is 1. The molecule has 0 radical (unpaired) electrons. The summed E-state index contributed by atoms with van der Waals surface area (Å²) in [5, 5.41) is 0. The lowest BCUT2D eigenvalue weighted by atomic mass is 9.90. The van der Waals surface area contributed by atoms with E-state index in [4.69, 9.17) is 4.74 Å². The second-order valence-corrected chi connectivity index (χ2v) is 6.17. The molecule has 0 unspecified atom stereocenters. The van der Waals surface area contributed by atoms with Crippen LogP contribution in [0.5, 0.6) is 0 Å². The van der Waals surface area contributed by atoms with Crippen LogP contribution in [0.15, 0.2) is 72.8 Å². The largest absolute Gasteiger partial charge is 0.463 e. The van der Waals surface area contributed by atoms with Crippen LogP contribution in [0.1, 0.15) is 49.8 Å². The molecule has 136 valence electrons. The molecule has 0 bridgehead atoms. The van der Waals surface area contributed by atoms with Gasteiger partial charge < -0.3 is 4.74 Å². The maximum absolute atomic E-state index is 12.7. The molecule has 0 aliphatic carbocycles. The van der Waals surface area contributed by atoms with Gasteiger partial charge in [0.15, 0.2) is 0 Å². The summed E-state index contributed by atoms with van der Waals surface area (Å²) in [6, 6.07) is 18.6. The summed E-state index contributed by atoms with van der Waals surface area (Å²) < 4.78 is 5.38. The van der Waals surface area contributed by atoms with Gasteiger partial charge in [-0.3, -0.25) is 0 Å². The number of carbonyl (C=O) groups is 1. The molecule has 0 N–H and O–H groups in total. The fourth-order valence-corrected chi connectivity index (χ4v) is 3.00. The molecular weight excluding hydrogens is 320 g/mol. The third kappa shape index (κ3) is 5.19. The lowest BCUT2D eigenvalue weighted by Gasteiger charge is -2.16. The summed E-state index contributed by atoms with van der Waals surface area (Å²) in [5.41, 5.74) is 5.08. The van der Waals surface area contributed by atoms with Crippen molar-refractivity contribution in [3.63, 3.8) is 0 Å². The van der Waals surface area contributed by atoms with E-state index in [0.717, 1.165) is 41.5 Å². The third-order valence-electron chi connectivity index (χ3n) is 4.37. The Morgan fingerprint density at radius 2 is 1.65 bits per heavy atom. The zero-order chi connectivity index (χ0) is 18.8. The molecular formula is C24H28O2. The normalized spacial score (nSPS) is 11.6. The average Bonchev–Trinajstić information content (AvgIpc) is 2.68. The third-order valence-corrected chi connectivity index (χ3v) is 4.37. The van der Waals surface area contributed by atoms with Crippen LogP contribution in [0.25, 0.3) is 5.57 Å². The van der Waals surface area contributed by atoms with Gasteiger partial charge in [-0.05, 0) is 54.9 Å². The fourth-order valence-electron chi connectivity index (χ4n) is 3.00. The second kappa shape index (κ2) is 10.4. The van der Waals surface area contributed by atoms with Crippen LogP contribution in [-0.2, 0) is 16.0 Å². The number of hydrogen-bond donors (Lipinski definition) is 0. The topological polar surface area (TPSA) is 26.3 Å². The van der Waals surface area contributed by atoms with Crippen molar-refractivity contribution in [3.05, 3.63) is 89.5 Å². The predicted molar refractivity (Wildman–Crippen MR) is 109 cm³/mol. The van der Waals surface area contributed by atoms with Crippen molar-refractivity contribution in [2.75, 3.05) is 6.61 Å². The van der Waals surface area contributed by atoms with Crippen LogP contribution >= 0.6 is 0 Å². The van der Waals surface area contributed by atoms with E-state index < -0.39 is 0 Å². The lowest BCUT2D eigenvalue weighted by Crippen LogP contribution is -2.11. The number of hydrogen-bond acceptors (Lipinski definition) is 2. The van der Waals surface area contributed by atoms with Gasteiger partial charge >= 0.3 is 5.97 Å². The highest BCUT2D eigenvalue weighted by Gasteiger charge is 2.19. The van der Waals surface area contributed by atoms with E-state index in [2.05, 4.69) is 49.9 Å². The van der Waals surface area contributed by atoms with Crippen molar-refractivity contribution < 1.29 is 9.53 Å². The number of ether oxygens (including phenoxy) is 1. The van der Waals surface area contributed by atoms with E-state index in [1.807, 2.05) is 31.2 Å². The summed E-state index contributed by atoms with van der Waals surface area (Å²) in [6.45, 7) is 8.15. The highest BCUT2D eigenvalue weighted by molar-refractivity contribution is 6.01. The fraction of sp³-hybridized carbons (Fsp3) is 0.292. The van der Waals surface area contributed by atoms with Gasteiger partial charge in [-0.1, -0.05) is 67.6 Å². The molecule has 2 heteroatoms. The zero-order valence-corrected chi connectivity index (χ0v) is 15.8. The summed E-state index contributed by atoms with van der Waals surface area (Å²) in [6.07, 6.45) is 5.31. The summed E-state index contributed by atoms with van der Waals surface area (Å²) in [4.78, 5) is 12.7. The Balaban J connectivity index is 2.59. The summed E-state index contributed by atoms with van der Waals surface area (Å²) in [5.74, 6) is -0.227. The van der Waals surface area contributed by atoms with Crippen LogP contribution in [0, 0.1) is 0 Å².